The van der Waals surface area contributed by atoms with Gasteiger partial charge >= 0.3 is 0 Å². The van der Waals surface area contributed by atoms with Gasteiger partial charge in [-0.05, 0) is 18.8 Å². The fraction of sp³-hybridized carbons (Fsp3) is 0.700. The average molecular weight is 167 g/mol. The third-order valence-electron chi connectivity index (χ3n) is 2.60. The number of nitrogens with one attached hydrogen (secondary N) is 1. The van der Waals surface area contributed by atoms with Crippen molar-refractivity contribution >= 4 is 5.91 Å². The number of carbonyl (C=O) groups excluding carboxylic acids is 1. The summed E-state index contributed by atoms with van der Waals surface area (Å²) in [6.07, 6.45) is 5.69. The number of hydrogen-bond acceptors (Lipinski definition) is 1. The first-order chi connectivity index (χ1) is 5.77. The highest BCUT2D eigenvalue weighted by molar-refractivity contribution is 5.77. The van der Waals surface area contributed by atoms with Crippen LogP contribution in [-0.2, 0) is 4.79 Å². The summed E-state index contributed by atoms with van der Waals surface area (Å²) in [5, 5.41) is 3.01. The first-order valence-electron chi connectivity index (χ1n) is 4.68. The normalized spacial score (nSPS) is 29.6. The summed E-state index contributed by atoms with van der Waals surface area (Å²) in [4.78, 5) is 11.1. The van der Waals surface area contributed by atoms with E-state index in [9.17, 15) is 4.79 Å². The van der Waals surface area contributed by atoms with Crippen molar-refractivity contribution < 1.29 is 4.79 Å². The summed E-state index contributed by atoms with van der Waals surface area (Å²) in [5.41, 5.74) is 0. The van der Waals surface area contributed by atoms with Crippen molar-refractivity contribution in [2.24, 2.45) is 5.92 Å². The number of rotatable bonds is 3. The second kappa shape index (κ2) is 4.29. The number of amides is 1. The highest BCUT2D eigenvalue weighted by Crippen LogP contribution is 2.22. The smallest absolute Gasteiger partial charge is 0.220 e. The van der Waals surface area contributed by atoms with Gasteiger partial charge in [0.2, 0.25) is 5.91 Å². The highest BCUT2D eigenvalue weighted by atomic mass is 16.1. The molecule has 2 nitrogen and oxygen atoms in total. The van der Waals surface area contributed by atoms with E-state index in [1.807, 2.05) is 6.08 Å². The highest BCUT2D eigenvalue weighted by Gasteiger charge is 2.25. The average Bonchev–Trinajstić information content (AvgIpc) is 2.05. The molecule has 68 valence electrons. The van der Waals surface area contributed by atoms with Gasteiger partial charge in [-0.15, -0.1) is 6.58 Å². The standard InChI is InChI=1S/C10H17NO/c1-3-5-9-8(4-2)6-7-10(12)11-9/h3,8-9H,1,4-7H2,2H3,(H,11,12)/t8-,9-/m0/s1. The van der Waals surface area contributed by atoms with E-state index in [1.54, 1.807) is 0 Å². The topological polar surface area (TPSA) is 29.1 Å². The number of carbonyl (C=O) groups is 1. The summed E-state index contributed by atoms with van der Waals surface area (Å²) >= 11 is 0. The van der Waals surface area contributed by atoms with Gasteiger partial charge in [0, 0.05) is 12.5 Å². The van der Waals surface area contributed by atoms with E-state index in [0.29, 0.717) is 18.4 Å². The first-order valence-corrected chi connectivity index (χ1v) is 4.68. The molecule has 0 unspecified atom stereocenters. The van der Waals surface area contributed by atoms with Gasteiger partial charge in [0.1, 0.15) is 0 Å². The van der Waals surface area contributed by atoms with Gasteiger partial charge in [0.05, 0.1) is 0 Å². The molecule has 1 heterocycles. The van der Waals surface area contributed by atoms with Crippen LogP contribution in [0.2, 0.25) is 0 Å². The Balaban J connectivity index is 2.50. The molecule has 1 fully saturated rings. The molecule has 0 aromatic heterocycles. The Morgan fingerprint density at radius 3 is 3.08 bits per heavy atom. The van der Waals surface area contributed by atoms with Crippen molar-refractivity contribution in [3.05, 3.63) is 12.7 Å². The quantitative estimate of drug-likeness (QED) is 0.639. The van der Waals surface area contributed by atoms with Crippen LogP contribution in [0.3, 0.4) is 0 Å². The van der Waals surface area contributed by atoms with E-state index in [4.69, 9.17) is 0 Å². The molecule has 1 rings (SSSR count). The molecule has 0 bridgehead atoms. The van der Waals surface area contributed by atoms with E-state index in [1.165, 1.54) is 0 Å². The van der Waals surface area contributed by atoms with Crippen molar-refractivity contribution in [3.8, 4) is 0 Å². The maximum Gasteiger partial charge on any atom is 0.220 e. The molecule has 1 saturated heterocycles. The van der Waals surface area contributed by atoms with Crippen LogP contribution in [0.5, 0.6) is 0 Å². The van der Waals surface area contributed by atoms with Crippen LogP contribution in [-0.4, -0.2) is 11.9 Å². The van der Waals surface area contributed by atoms with Crippen molar-refractivity contribution in [1.29, 1.82) is 0 Å². The number of piperidine rings is 1. The monoisotopic (exact) mass is 167 g/mol. The van der Waals surface area contributed by atoms with Gasteiger partial charge < -0.3 is 5.32 Å². The predicted octanol–water partition coefficient (Wildman–Crippen LogP) is 1.87. The van der Waals surface area contributed by atoms with Crippen molar-refractivity contribution in [3.63, 3.8) is 0 Å². The van der Waals surface area contributed by atoms with Crippen molar-refractivity contribution in [1.82, 2.24) is 5.32 Å². The Morgan fingerprint density at radius 1 is 1.75 bits per heavy atom. The molecule has 1 aliphatic rings. The van der Waals surface area contributed by atoms with Crippen LogP contribution in [0.15, 0.2) is 12.7 Å². The molecule has 2 heteroatoms. The zero-order chi connectivity index (χ0) is 8.97. The summed E-state index contributed by atoms with van der Waals surface area (Å²) < 4.78 is 0. The summed E-state index contributed by atoms with van der Waals surface area (Å²) in [6.45, 7) is 5.88. The molecular formula is C10H17NO. The minimum atomic E-state index is 0.201. The molecule has 1 amide bonds. The van der Waals surface area contributed by atoms with Gasteiger partial charge in [-0.1, -0.05) is 19.4 Å². The lowest BCUT2D eigenvalue weighted by atomic mass is 9.87. The Hall–Kier alpha value is -0.790. The third kappa shape index (κ3) is 2.10. The van der Waals surface area contributed by atoms with Gasteiger partial charge in [-0.2, -0.15) is 0 Å². The zero-order valence-electron chi connectivity index (χ0n) is 7.68. The van der Waals surface area contributed by atoms with E-state index in [2.05, 4.69) is 18.8 Å². The minimum absolute atomic E-state index is 0.201. The lowest BCUT2D eigenvalue weighted by Gasteiger charge is -2.30. The molecule has 0 spiro atoms. The van der Waals surface area contributed by atoms with Crippen LogP contribution in [0.1, 0.15) is 32.6 Å². The molecule has 1 N–H and O–H groups in total. The Morgan fingerprint density at radius 2 is 2.50 bits per heavy atom. The largest absolute Gasteiger partial charge is 0.353 e. The molecule has 2 atom stereocenters. The molecular weight excluding hydrogens is 150 g/mol. The first kappa shape index (κ1) is 9.30. The van der Waals surface area contributed by atoms with Gasteiger partial charge in [0.15, 0.2) is 0 Å². The third-order valence-corrected chi connectivity index (χ3v) is 2.60. The van der Waals surface area contributed by atoms with E-state index in [0.717, 1.165) is 19.3 Å². The maximum atomic E-state index is 11.1. The van der Waals surface area contributed by atoms with Crippen molar-refractivity contribution in [2.75, 3.05) is 0 Å². The lowest BCUT2D eigenvalue weighted by Crippen LogP contribution is -2.44. The van der Waals surface area contributed by atoms with Gasteiger partial charge in [0.25, 0.3) is 0 Å². The van der Waals surface area contributed by atoms with Gasteiger partial charge in [-0.3, -0.25) is 4.79 Å². The van der Waals surface area contributed by atoms with Crippen LogP contribution in [0.25, 0.3) is 0 Å². The molecule has 12 heavy (non-hydrogen) atoms. The SMILES string of the molecule is C=CC[C@@H]1NC(=O)CC[C@@H]1CC. The van der Waals surface area contributed by atoms with Crippen LogP contribution in [0.4, 0.5) is 0 Å². The summed E-state index contributed by atoms with van der Waals surface area (Å²) in [6, 6.07) is 0.341. The molecule has 0 radical (unpaired) electrons. The molecule has 0 aromatic carbocycles. The Labute approximate surface area is 74.0 Å². The second-order valence-electron chi connectivity index (χ2n) is 3.41. The van der Waals surface area contributed by atoms with Crippen LogP contribution >= 0.6 is 0 Å². The molecule has 0 aromatic rings. The summed E-state index contributed by atoms with van der Waals surface area (Å²) in [7, 11) is 0. The van der Waals surface area contributed by atoms with Crippen LogP contribution < -0.4 is 5.32 Å². The van der Waals surface area contributed by atoms with E-state index >= 15 is 0 Å². The zero-order valence-corrected chi connectivity index (χ0v) is 7.68. The van der Waals surface area contributed by atoms with Gasteiger partial charge in [-0.25, -0.2) is 0 Å². The second-order valence-corrected chi connectivity index (χ2v) is 3.41. The maximum absolute atomic E-state index is 11.1. The summed E-state index contributed by atoms with van der Waals surface area (Å²) in [5.74, 6) is 0.854. The Bertz CT molecular complexity index is 177. The molecule has 1 aliphatic heterocycles. The van der Waals surface area contributed by atoms with E-state index in [-0.39, 0.29) is 5.91 Å². The fourth-order valence-corrected chi connectivity index (χ4v) is 1.83. The van der Waals surface area contributed by atoms with Crippen LogP contribution in [0, 0.1) is 5.92 Å². The predicted molar refractivity (Wildman–Crippen MR) is 49.8 cm³/mol. The molecule has 0 aliphatic carbocycles. The number of hydrogen-bond donors (Lipinski definition) is 1. The van der Waals surface area contributed by atoms with E-state index < -0.39 is 0 Å². The van der Waals surface area contributed by atoms with Crippen molar-refractivity contribution in [2.45, 2.75) is 38.6 Å². The fourth-order valence-electron chi connectivity index (χ4n) is 1.83. The minimum Gasteiger partial charge on any atom is -0.353 e. The lowest BCUT2D eigenvalue weighted by molar-refractivity contribution is -0.124. The Kier molecular flexibility index (Phi) is 3.32. The molecule has 0 saturated carbocycles.